The summed E-state index contributed by atoms with van der Waals surface area (Å²) in [6.07, 6.45) is 0. The number of aromatic nitrogens is 3. The van der Waals surface area contributed by atoms with Crippen LogP contribution in [0.4, 0.5) is 0 Å². The number of hydrogen-bond acceptors (Lipinski definition) is 5. The van der Waals surface area contributed by atoms with Crippen molar-refractivity contribution in [2.24, 2.45) is 0 Å². The van der Waals surface area contributed by atoms with Gasteiger partial charge in [-0.15, -0.1) is 0 Å². The minimum absolute atomic E-state index is 0.527. The molecule has 0 N–H and O–H groups in total. The minimum Gasteiger partial charge on any atom is -0.456 e. The van der Waals surface area contributed by atoms with Crippen LogP contribution in [0.25, 0.3) is 123 Å². The van der Waals surface area contributed by atoms with Crippen LogP contribution in [0.3, 0.4) is 0 Å². The molecule has 0 aliphatic heterocycles. The van der Waals surface area contributed by atoms with E-state index in [2.05, 4.69) is 170 Å². The summed E-state index contributed by atoms with van der Waals surface area (Å²) >= 11 is 0. The molecule has 0 saturated heterocycles. The Kier molecular flexibility index (Phi) is 8.42. The van der Waals surface area contributed by atoms with E-state index < -0.39 is 0 Å². The molecule has 9 aromatic carbocycles. The number of para-hydroxylation sites is 2. The summed E-state index contributed by atoms with van der Waals surface area (Å²) in [5, 5.41) is 4.14. The van der Waals surface area contributed by atoms with Gasteiger partial charge in [0.2, 0.25) is 0 Å². The molecule has 0 atom stereocenters. The molecule has 12 aromatic rings. The van der Waals surface area contributed by atoms with Crippen molar-refractivity contribution in [1.29, 1.82) is 0 Å². The lowest BCUT2D eigenvalue weighted by atomic mass is 9.91. The maximum Gasteiger partial charge on any atom is 0.167 e. The van der Waals surface area contributed by atoms with Gasteiger partial charge in [-0.05, 0) is 99.1 Å². The first-order valence-electron chi connectivity index (χ1n) is 20.7. The Bertz CT molecular complexity index is 3570. The summed E-state index contributed by atoms with van der Waals surface area (Å²) in [5.41, 5.74) is 14.7. The highest BCUT2D eigenvalue weighted by Crippen LogP contribution is 2.42. The van der Waals surface area contributed by atoms with Gasteiger partial charge in [0.15, 0.2) is 17.5 Å². The van der Waals surface area contributed by atoms with Crippen LogP contribution in [0, 0.1) is 0 Å². The van der Waals surface area contributed by atoms with Crippen molar-refractivity contribution in [3.63, 3.8) is 0 Å². The van der Waals surface area contributed by atoms with Gasteiger partial charge in [0.1, 0.15) is 22.3 Å². The second-order valence-electron chi connectivity index (χ2n) is 15.6. The zero-order valence-electron chi connectivity index (χ0n) is 33.4. The van der Waals surface area contributed by atoms with Gasteiger partial charge in [-0.2, -0.15) is 0 Å². The van der Waals surface area contributed by atoms with Gasteiger partial charge in [0.05, 0.1) is 5.56 Å². The average molecular weight is 794 g/mol. The van der Waals surface area contributed by atoms with E-state index >= 15 is 0 Å². The van der Waals surface area contributed by atoms with Crippen molar-refractivity contribution in [3.8, 4) is 78.7 Å². The van der Waals surface area contributed by atoms with E-state index in [1.54, 1.807) is 0 Å². The molecule has 0 spiro atoms. The van der Waals surface area contributed by atoms with E-state index in [9.17, 15) is 0 Å². The molecule has 3 aromatic heterocycles. The van der Waals surface area contributed by atoms with Crippen molar-refractivity contribution in [2.45, 2.75) is 0 Å². The predicted molar refractivity (Wildman–Crippen MR) is 252 cm³/mol. The van der Waals surface area contributed by atoms with E-state index in [0.29, 0.717) is 17.5 Å². The molecular weight excluding hydrogens is 759 g/mol. The fourth-order valence-corrected chi connectivity index (χ4v) is 8.73. The number of hydrogen-bond donors (Lipinski definition) is 0. The number of benzene rings is 9. The Hall–Kier alpha value is -8.41. The molecule has 0 aliphatic rings. The maximum absolute atomic E-state index is 6.71. The SMILES string of the molecule is c1ccc(-c2cccc(-c3nc(-c4ccc5c(c4)oc4cccc(-c6cc(-c7ccccc7)cc(-c7ccccc7)c6)c45)nc(-c4cccc5c4oc4ccccc45)n3)c2)cc1. The third-order valence-electron chi connectivity index (χ3n) is 11.7. The number of rotatable bonds is 7. The maximum atomic E-state index is 6.71. The van der Waals surface area contributed by atoms with Crippen molar-refractivity contribution in [1.82, 2.24) is 15.0 Å². The highest BCUT2D eigenvalue weighted by Gasteiger charge is 2.20. The molecule has 290 valence electrons. The van der Waals surface area contributed by atoms with E-state index in [1.165, 1.54) is 11.1 Å². The first-order valence-corrected chi connectivity index (χ1v) is 20.7. The number of fused-ring (bicyclic) bond motifs is 6. The number of nitrogens with zero attached hydrogens (tertiary/aromatic N) is 3. The summed E-state index contributed by atoms with van der Waals surface area (Å²) in [5.74, 6) is 1.63. The van der Waals surface area contributed by atoms with Gasteiger partial charge in [0, 0.05) is 32.7 Å². The topological polar surface area (TPSA) is 65.0 Å². The fraction of sp³-hybridized carbons (Fsp3) is 0. The second-order valence-corrected chi connectivity index (χ2v) is 15.6. The molecule has 0 unspecified atom stereocenters. The fourth-order valence-electron chi connectivity index (χ4n) is 8.73. The van der Waals surface area contributed by atoms with Crippen molar-refractivity contribution >= 4 is 43.9 Å². The lowest BCUT2D eigenvalue weighted by molar-refractivity contribution is 0.668. The van der Waals surface area contributed by atoms with Crippen LogP contribution in [0.2, 0.25) is 0 Å². The Morgan fingerprint density at radius 3 is 1.48 bits per heavy atom. The van der Waals surface area contributed by atoms with Crippen molar-refractivity contribution in [2.75, 3.05) is 0 Å². The molecule has 0 saturated carbocycles. The molecule has 0 fully saturated rings. The molecule has 0 amide bonds. The van der Waals surface area contributed by atoms with Crippen LogP contribution >= 0.6 is 0 Å². The summed E-state index contributed by atoms with van der Waals surface area (Å²) < 4.78 is 13.2. The van der Waals surface area contributed by atoms with Crippen LogP contribution in [-0.4, -0.2) is 15.0 Å². The molecular formula is C57H35N3O2. The quantitative estimate of drug-likeness (QED) is 0.161. The number of furan rings is 2. The summed E-state index contributed by atoms with van der Waals surface area (Å²) in [7, 11) is 0. The van der Waals surface area contributed by atoms with Crippen molar-refractivity contribution < 1.29 is 8.83 Å². The Labute approximate surface area is 357 Å². The zero-order valence-corrected chi connectivity index (χ0v) is 33.4. The highest BCUT2D eigenvalue weighted by atomic mass is 16.3. The van der Waals surface area contributed by atoms with E-state index in [-0.39, 0.29) is 0 Å². The summed E-state index contributed by atoms with van der Waals surface area (Å²) in [6.45, 7) is 0. The zero-order chi connectivity index (χ0) is 41.0. The van der Waals surface area contributed by atoms with Gasteiger partial charge in [-0.3, -0.25) is 0 Å². The van der Waals surface area contributed by atoms with Gasteiger partial charge in [0.25, 0.3) is 0 Å². The minimum atomic E-state index is 0.527. The molecule has 0 radical (unpaired) electrons. The standard InChI is InChI=1S/C57H35N3O2/c1-4-15-36(16-5-1)39-21-12-22-40(31-39)55-58-56(60-57(59-55)49-26-13-25-47-46-23-10-11-27-50(46)62-54(47)49)41-29-30-48-52(35-41)61-51-28-14-24-45(53(48)51)44-33-42(37-17-6-2-7-18-37)32-43(34-44)38-19-8-3-9-20-38/h1-35H. The van der Waals surface area contributed by atoms with E-state index in [1.807, 2.05) is 42.5 Å². The van der Waals surface area contributed by atoms with Crippen molar-refractivity contribution in [3.05, 3.63) is 212 Å². The van der Waals surface area contributed by atoms with Gasteiger partial charge >= 0.3 is 0 Å². The van der Waals surface area contributed by atoms with Crippen LogP contribution in [0.15, 0.2) is 221 Å². The second kappa shape index (κ2) is 14.7. The smallest absolute Gasteiger partial charge is 0.167 e. The first kappa shape index (κ1) is 35.5. The molecule has 62 heavy (non-hydrogen) atoms. The normalized spacial score (nSPS) is 11.5. The molecule has 12 rings (SSSR count). The Morgan fingerprint density at radius 2 is 0.758 bits per heavy atom. The van der Waals surface area contributed by atoms with E-state index in [0.717, 1.165) is 93.9 Å². The van der Waals surface area contributed by atoms with Crippen LogP contribution in [0.1, 0.15) is 0 Å². The van der Waals surface area contributed by atoms with Gasteiger partial charge in [-0.1, -0.05) is 158 Å². The van der Waals surface area contributed by atoms with Gasteiger partial charge < -0.3 is 8.83 Å². The van der Waals surface area contributed by atoms with E-state index in [4.69, 9.17) is 23.8 Å². The molecule has 0 aliphatic carbocycles. The highest BCUT2D eigenvalue weighted by molar-refractivity contribution is 6.13. The summed E-state index contributed by atoms with van der Waals surface area (Å²) in [4.78, 5) is 15.5. The Balaban J connectivity index is 1.03. The molecule has 0 bridgehead atoms. The third-order valence-corrected chi connectivity index (χ3v) is 11.7. The van der Waals surface area contributed by atoms with Crippen LogP contribution < -0.4 is 0 Å². The largest absolute Gasteiger partial charge is 0.456 e. The Morgan fingerprint density at radius 1 is 0.258 bits per heavy atom. The monoisotopic (exact) mass is 793 g/mol. The average Bonchev–Trinajstić information content (AvgIpc) is 3.93. The summed E-state index contributed by atoms with van der Waals surface area (Å²) in [6, 6.07) is 73.5. The molecule has 5 heteroatoms. The van der Waals surface area contributed by atoms with Crippen LogP contribution in [0.5, 0.6) is 0 Å². The van der Waals surface area contributed by atoms with Crippen LogP contribution in [-0.2, 0) is 0 Å². The third kappa shape index (κ3) is 6.23. The van der Waals surface area contributed by atoms with Gasteiger partial charge in [-0.25, -0.2) is 15.0 Å². The lowest BCUT2D eigenvalue weighted by Crippen LogP contribution is -2.00. The molecule has 5 nitrogen and oxygen atoms in total. The first-order chi connectivity index (χ1) is 30.7. The predicted octanol–water partition coefficient (Wildman–Crippen LogP) is 15.3. The lowest BCUT2D eigenvalue weighted by Gasteiger charge is -2.12. The molecule has 3 heterocycles.